The maximum absolute atomic E-state index is 12.5. The Balaban J connectivity index is 1.54. The van der Waals surface area contributed by atoms with E-state index in [1.807, 2.05) is 4.90 Å². The Kier molecular flexibility index (Phi) is 5.33. The number of aromatic amines is 1. The van der Waals surface area contributed by atoms with Crippen LogP contribution in [0, 0.1) is 0 Å². The number of H-pyrrole nitrogens is 1. The van der Waals surface area contributed by atoms with E-state index in [4.69, 9.17) is 4.52 Å². The zero-order valence-corrected chi connectivity index (χ0v) is 13.9. The molecule has 3 rings (SSSR count). The molecular weight excluding hydrogens is 312 g/mol. The molecule has 1 saturated heterocycles. The summed E-state index contributed by atoms with van der Waals surface area (Å²) in [4.78, 5) is 27.0. The topological polar surface area (TPSA) is 66.3 Å². The average Bonchev–Trinajstić information content (AvgIpc) is 3.22. The number of nitrogens with zero attached hydrogens (tertiary/aromatic N) is 1. The van der Waals surface area contributed by atoms with E-state index in [9.17, 15) is 9.59 Å². The van der Waals surface area contributed by atoms with E-state index in [2.05, 4.69) is 22.7 Å². The van der Waals surface area contributed by atoms with E-state index in [1.165, 1.54) is 17.4 Å². The van der Waals surface area contributed by atoms with E-state index < -0.39 is 0 Å². The number of likely N-dealkylation sites (tertiary alicyclic amines) is 1. The first kappa shape index (κ1) is 16.1. The predicted octanol–water partition coefficient (Wildman–Crippen LogP) is 2.98. The Morgan fingerprint density at radius 2 is 2.30 bits per heavy atom. The molecule has 1 amide bonds. The first-order chi connectivity index (χ1) is 11.2. The molecule has 0 saturated carbocycles. The molecule has 0 spiro atoms. The fraction of sp³-hybridized carbons (Fsp3) is 0.529. The molecular formula is C17H22N2O3S. The van der Waals surface area contributed by atoms with E-state index in [-0.39, 0.29) is 11.5 Å². The number of hydrogen-bond donors (Lipinski definition) is 1. The van der Waals surface area contributed by atoms with Crippen LogP contribution in [-0.2, 0) is 17.6 Å². The molecule has 124 valence electrons. The quantitative estimate of drug-likeness (QED) is 0.883. The largest absolute Gasteiger partial charge is 0.384 e. The van der Waals surface area contributed by atoms with Crippen LogP contribution in [0.2, 0.25) is 0 Å². The Morgan fingerprint density at radius 3 is 3.04 bits per heavy atom. The van der Waals surface area contributed by atoms with Crippen LogP contribution in [0.25, 0.3) is 0 Å². The van der Waals surface area contributed by atoms with Crippen LogP contribution in [0.1, 0.15) is 42.7 Å². The second-order valence-electron chi connectivity index (χ2n) is 6.03. The summed E-state index contributed by atoms with van der Waals surface area (Å²) in [5.74, 6) is 0.722. The van der Waals surface area contributed by atoms with Crippen molar-refractivity contribution in [3.63, 3.8) is 0 Å². The molecule has 0 radical (unpaired) electrons. The van der Waals surface area contributed by atoms with Crippen molar-refractivity contribution in [3.8, 4) is 0 Å². The highest BCUT2D eigenvalue weighted by Gasteiger charge is 2.26. The molecule has 3 heterocycles. The second kappa shape index (κ2) is 7.64. The summed E-state index contributed by atoms with van der Waals surface area (Å²) < 4.78 is 5.02. The van der Waals surface area contributed by atoms with Gasteiger partial charge in [0, 0.05) is 36.4 Å². The van der Waals surface area contributed by atoms with Gasteiger partial charge in [0.1, 0.15) is 5.76 Å². The molecule has 0 aromatic carbocycles. The molecule has 5 nitrogen and oxygen atoms in total. The van der Waals surface area contributed by atoms with Gasteiger partial charge in [-0.15, -0.1) is 11.3 Å². The number of piperidine rings is 1. The van der Waals surface area contributed by atoms with Crippen LogP contribution in [0.3, 0.4) is 0 Å². The third kappa shape index (κ3) is 4.34. The number of aryl methyl sites for hydroxylation is 2. The fourth-order valence-electron chi connectivity index (χ4n) is 3.21. The number of nitrogens with one attached hydrogen (secondary N) is 1. The smallest absolute Gasteiger partial charge is 0.280 e. The van der Waals surface area contributed by atoms with Crippen LogP contribution in [0.4, 0.5) is 0 Å². The van der Waals surface area contributed by atoms with Crippen LogP contribution in [0.15, 0.2) is 32.9 Å². The van der Waals surface area contributed by atoms with Crippen molar-refractivity contribution in [1.29, 1.82) is 0 Å². The maximum Gasteiger partial charge on any atom is 0.280 e. The summed E-state index contributed by atoms with van der Waals surface area (Å²) in [7, 11) is 0. The Morgan fingerprint density at radius 1 is 1.39 bits per heavy atom. The highest BCUT2D eigenvalue weighted by Crippen LogP contribution is 2.23. The van der Waals surface area contributed by atoms with Crippen LogP contribution in [0.5, 0.6) is 0 Å². The van der Waals surface area contributed by atoms with Crippen LogP contribution >= 0.6 is 11.3 Å². The summed E-state index contributed by atoms with van der Waals surface area (Å²) in [5.41, 5.74) is -0.251. The molecule has 6 heteroatoms. The zero-order chi connectivity index (χ0) is 16.1. The fourth-order valence-corrected chi connectivity index (χ4v) is 3.94. The molecule has 1 N–H and O–H groups in total. The van der Waals surface area contributed by atoms with E-state index in [0.717, 1.165) is 32.2 Å². The van der Waals surface area contributed by atoms with Gasteiger partial charge in [-0.3, -0.25) is 9.59 Å². The summed E-state index contributed by atoms with van der Waals surface area (Å²) in [6, 6.07) is 6.00. The molecule has 0 aliphatic carbocycles. The predicted molar refractivity (Wildman–Crippen MR) is 89.6 cm³/mol. The van der Waals surface area contributed by atoms with Gasteiger partial charge in [0.15, 0.2) is 0 Å². The second-order valence-corrected chi connectivity index (χ2v) is 7.07. The molecule has 2 aromatic heterocycles. The van der Waals surface area contributed by atoms with Gasteiger partial charge in [-0.25, -0.2) is 0 Å². The van der Waals surface area contributed by atoms with Gasteiger partial charge in [-0.2, -0.15) is 5.16 Å². The molecule has 23 heavy (non-hydrogen) atoms. The van der Waals surface area contributed by atoms with E-state index in [1.54, 1.807) is 11.3 Å². The lowest BCUT2D eigenvalue weighted by Crippen LogP contribution is -2.44. The number of thiophene rings is 1. The number of aromatic nitrogens is 1. The SMILES string of the molecule is O=C(CCc1cc(=O)[nH]o1)N1CCCC[C@@H]1CCc1cccs1. The third-order valence-electron chi connectivity index (χ3n) is 4.41. The normalized spacial score (nSPS) is 18.3. The van der Waals surface area contributed by atoms with Crippen molar-refractivity contribution < 1.29 is 9.32 Å². The van der Waals surface area contributed by atoms with Gasteiger partial charge in [0.25, 0.3) is 5.56 Å². The molecule has 1 aliphatic rings. The first-order valence-corrected chi connectivity index (χ1v) is 9.09. The zero-order valence-electron chi connectivity index (χ0n) is 13.1. The Labute approximate surface area is 139 Å². The minimum Gasteiger partial charge on any atom is -0.384 e. The van der Waals surface area contributed by atoms with E-state index in [0.29, 0.717) is 24.6 Å². The molecule has 0 unspecified atom stereocenters. The van der Waals surface area contributed by atoms with Crippen LogP contribution < -0.4 is 5.56 Å². The van der Waals surface area contributed by atoms with E-state index >= 15 is 0 Å². The molecule has 0 bridgehead atoms. The first-order valence-electron chi connectivity index (χ1n) is 8.21. The van der Waals surface area contributed by atoms with Gasteiger partial charge in [0.05, 0.1) is 0 Å². The minimum atomic E-state index is -0.251. The lowest BCUT2D eigenvalue weighted by molar-refractivity contribution is -0.135. The molecule has 1 aliphatic heterocycles. The molecule has 2 aromatic rings. The average molecular weight is 334 g/mol. The summed E-state index contributed by atoms with van der Waals surface area (Å²) in [6.45, 7) is 0.852. The van der Waals surface area contributed by atoms with Gasteiger partial charge < -0.3 is 9.42 Å². The number of rotatable bonds is 6. The van der Waals surface area contributed by atoms with Crippen molar-refractivity contribution in [3.05, 3.63) is 44.6 Å². The Hall–Kier alpha value is -1.82. The highest BCUT2D eigenvalue weighted by atomic mass is 32.1. The van der Waals surface area contributed by atoms with Crippen molar-refractivity contribution in [2.45, 2.75) is 51.0 Å². The van der Waals surface area contributed by atoms with Gasteiger partial charge in [-0.05, 0) is 43.6 Å². The van der Waals surface area contributed by atoms with Crippen molar-refractivity contribution in [2.24, 2.45) is 0 Å². The lowest BCUT2D eigenvalue weighted by atomic mass is 9.97. The summed E-state index contributed by atoms with van der Waals surface area (Å²) in [5, 5.41) is 4.36. The van der Waals surface area contributed by atoms with Gasteiger partial charge in [-0.1, -0.05) is 6.07 Å². The summed E-state index contributed by atoms with van der Waals surface area (Å²) >= 11 is 1.78. The number of hydrogen-bond acceptors (Lipinski definition) is 4. The number of carbonyl (C=O) groups is 1. The molecule has 1 atom stereocenters. The van der Waals surface area contributed by atoms with Crippen molar-refractivity contribution in [2.75, 3.05) is 6.54 Å². The number of amides is 1. The summed E-state index contributed by atoms with van der Waals surface area (Å²) in [6.07, 6.45) is 6.33. The maximum atomic E-state index is 12.5. The standard InChI is InChI=1S/C17H22N2O3S/c20-16-12-14(22-18-16)7-9-17(21)19-10-2-1-4-13(19)6-8-15-5-3-11-23-15/h3,5,11-13H,1-2,4,6-10H2,(H,18,20)/t13-/m1/s1. The van der Waals surface area contributed by atoms with Crippen LogP contribution in [-0.4, -0.2) is 28.6 Å². The minimum absolute atomic E-state index is 0.171. The molecule has 1 fully saturated rings. The number of carbonyl (C=O) groups excluding carboxylic acids is 1. The monoisotopic (exact) mass is 334 g/mol. The highest BCUT2D eigenvalue weighted by molar-refractivity contribution is 7.09. The Bertz CT molecular complexity index is 674. The van der Waals surface area contributed by atoms with Gasteiger partial charge in [0.2, 0.25) is 5.91 Å². The van der Waals surface area contributed by atoms with Crippen molar-refractivity contribution in [1.82, 2.24) is 10.1 Å². The van der Waals surface area contributed by atoms with Gasteiger partial charge >= 0.3 is 0 Å². The van der Waals surface area contributed by atoms with Crippen molar-refractivity contribution >= 4 is 17.2 Å². The third-order valence-corrected chi connectivity index (χ3v) is 5.35. The lowest BCUT2D eigenvalue weighted by Gasteiger charge is -2.36.